The molecule has 0 fully saturated rings. The van der Waals surface area contributed by atoms with E-state index in [0.29, 0.717) is 5.69 Å². The summed E-state index contributed by atoms with van der Waals surface area (Å²) >= 11 is 0. The summed E-state index contributed by atoms with van der Waals surface area (Å²) in [7, 11) is 1.58. The van der Waals surface area contributed by atoms with Gasteiger partial charge < -0.3 is 10.2 Å². The van der Waals surface area contributed by atoms with E-state index in [0.717, 1.165) is 5.56 Å². The third-order valence-electron chi connectivity index (χ3n) is 2.26. The minimum Gasteiger partial charge on any atom is -0.508 e. The normalized spacial score (nSPS) is 10.3. The fourth-order valence-corrected chi connectivity index (χ4v) is 1.44. The molecule has 0 aliphatic carbocycles. The quantitative estimate of drug-likeness (QED) is 0.800. The predicted molar refractivity (Wildman–Crippen MR) is 57.3 cm³/mol. The van der Waals surface area contributed by atoms with E-state index in [4.69, 9.17) is 10.2 Å². The van der Waals surface area contributed by atoms with Crippen molar-refractivity contribution in [3.05, 3.63) is 36.0 Å². The van der Waals surface area contributed by atoms with Crippen LogP contribution in [-0.4, -0.2) is 26.0 Å². The van der Waals surface area contributed by atoms with Crippen LogP contribution >= 0.6 is 0 Å². The molecular weight excluding hydrogens is 208 g/mol. The lowest BCUT2D eigenvalue weighted by atomic mass is 10.1. The van der Waals surface area contributed by atoms with Crippen LogP contribution in [0.5, 0.6) is 5.75 Å². The Morgan fingerprint density at radius 3 is 2.44 bits per heavy atom. The van der Waals surface area contributed by atoms with Crippen molar-refractivity contribution >= 4 is 5.97 Å². The van der Waals surface area contributed by atoms with Crippen molar-refractivity contribution in [2.24, 2.45) is 7.05 Å². The van der Waals surface area contributed by atoms with Gasteiger partial charge in [-0.2, -0.15) is 5.10 Å². The average molecular weight is 218 g/mol. The lowest BCUT2D eigenvalue weighted by Gasteiger charge is -1.95. The molecule has 2 N–H and O–H groups in total. The second-order valence-electron chi connectivity index (χ2n) is 3.39. The van der Waals surface area contributed by atoms with E-state index in [1.807, 2.05) is 0 Å². The molecular formula is C11H10N2O3. The number of aromatic hydroxyl groups is 1. The number of aromatic carboxylic acids is 1. The predicted octanol–water partition coefficient (Wildman–Crippen LogP) is 1.49. The summed E-state index contributed by atoms with van der Waals surface area (Å²) < 4.78 is 1.31. The third-order valence-corrected chi connectivity index (χ3v) is 2.26. The highest BCUT2D eigenvalue weighted by Crippen LogP contribution is 2.21. The van der Waals surface area contributed by atoms with Crippen molar-refractivity contribution in [1.29, 1.82) is 0 Å². The first kappa shape index (κ1) is 10.2. The fourth-order valence-electron chi connectivity index (χ4n) is 1.44. The summed E-state index contributed by atoms with van der Waals surface area (Å²) in [6.07, 6.45) is 0. The molecule has 0 saturated heterocycles. The van der Waals surface area contributed by atoms with Gasteiger partial charge in [0.25, 0.3) is 0 Å². The molecule has 0 aliphatic heterocycles. The van der Waals surface area contributed by atoms with Crippen LogP contribution in [-0.2, 0) is 7.05 Å². The number of carbonyl (C=O) groups is 1. The van der Waals surface area contributed by atoms with Gasteiger partial charge in [-0.05, 0) is 30.3 Å². The van der Waals surface area contributed by atoms with Crippen LogP contribution in [0.2, 0.25) is 0 Å². The molecule has 1 heterocycles. The van der Waals surface area contributed by atoms with Gasteiger partial charge in [-0.1, -0.05) is 0 Å². The van der Waals surface area contributed by atoms with Crippen molar-refractivity contribution in [1.82, 2.24) is 9.78 Å². The van der Waals surface area contributed by atoms with Crippen LogP contribution in [0.3, 0.4) is 0 Å². The Labute approximate surface area is 91.6 Å². The lowest BCUT2D eigenvalue weighted by molar-refractivity contribution is 0.0685. The Kier molecular flexibility index (Phi) is 2.36. The number of carboxylic acids is 1. The minimum atomic E-state index is -1.01. The first-order valence-electron chi connectivity index (χ1n) is 4.64. The van der Waals surface area contributed by atoms with Crippen LogP contribution in [0.25, 0.3) is 11.3 Å². The Balaban J connectivity index is 2.45. The maximum atomic E-state index is 10.8. The first-order valence-corrected chi connectivity index (χ1v) is 4.64. The number of hydrogen-bond acceptors (Lipinski definition) is 3. The van der Waals surface area contributed by atoms with Crippen LogP contribution in [0, 0.1) is 0 Å². The molecule has 16 heavy (non-hydrogen) atoms. The van der Waals surface area contributed by atoms with Gasteiger partial charge >= 0.3 is 5.97 Å². The van der Waals surface area contributed by atoms with Crippen LogP contribution in [0.4, 0.5) is 0 Å². The standard InChI is InChI=1S/C11H10N2O3/c1-13-10(11(15)16)6-9(12-13)7-2-4-8(14)5-3-7/h2-6,14H,1H3,(H,15,16). The molecule has 0 unspecified atom stereocenters. The SMILES string of the molecule is Cn1nc(-c2ccc(O)cc2)cc1C(=O)O. The number of phenolic OH excluding ortho intramolecular Hbond substituents is 1. The van der Waals surface area contributed by atoms with Gasteiger partial charge in [-0.15, -0.1) is 0 Å². The maximum absolute atomic E-state index is 10.8. The molecule has 2 aromatic rings. The third kappa shape index (κ3) is 1.75. The Bertz CT molecular complexity index is 529. The Morgan fingerprint density at radius 1 is 1.31 bits per heavy atom. The summed E-state index contributed by atoms with van der Waals surface area (Å²) in [6, 6.07) is 7.93. The monoisotopic (exact) mass is 218 g/mol. The molecule has 1 aromatic carbocycles. The van der Waals surface area contributed by atoms with Gasteiger partial charge in [0.15, 0.2) is 0 Å². The number of benzene rings is 1. The van der Waals surface area contributed by atoms with Crippen molar-refractivity contribution in [3.8, 4) is 17.0 Å². The second-order valence-corrected chi connectivity index (χ2v) is 3.39. The number of carboxylic acid groups (broad SMARTS) is 1. The van der Waals surface area contributed by atoms with E-state index in [1.165, 1.54) is 22.9 Å². The highest BCUT2D eigenvalue weighted by molar-refractivity contribution is 5.87. The molecule has 0 spiro atoms. The molecule has 5 heteroatoms. The molecule has 82 valence electrons. The van der Waals surface area contributed by atoms with E-state index in [9.17, 15) is 4.79 Å². The number of aryl methyl sites for hydroxylation is 1. The number of aromatic nitrogens is 2. The topological polar surface area (TPSA) is 75.3 Å². The van der Waals surface area contributed by atoms with Crippen molar-refractivity contribution in [2.75, 3.05) is 0 Å². The maximum Gasteiger partial charge on any atom is 0.354 e. The van der Waals surface area contributed by atoms with Crippen LogP contribution in [0.1, 0.15) is 10.5 Å². The lowest BCUT2D eigenvalue weighted by Crippen LogP contribution is -2.04. The summed E-state index contributed by atoms with van der Waals surface area (Å²) in [5.41, 5.74) is 1.46. The Hall–Kier alpha value is -2.30. The van der Waals surface area contributed by atoms with E-state index < -0.39 is 5.97 Å². The zero-order valence-corrected chi connectivity index (χ0v) is 8.58. The Morgan fingerprint density at radius 2 is 1.94 bits per heavy atom. The van der Waals surface area contributed by atoms with Crippen molar-refractivity contribution < 1.29 is 15.0 Å². The summed E-state index contributed by atoms with van der Waals surface area (Å²) in [4.78, 5) is 10.8. The van der Waals surface area contributed by atoms with E-state index in [1.54, 1.807) is 19.2 Å². The van der Waals surface area contributed by atoms with E-state index in [2.05, 4.69) is 5.10 Å². The molecule has 0 atom stereocenters. The first-order chi connectivity index (χ1) is 7.58. The molecule has 2 rings (SSSR count). The van der Waals surface area contributed by atoms with E-state index in [-0.39, 0.29) is 11.4 Å². The fraction of sp³-hybridized carbons (Fsp3) is 0.0909. The van der Waals surface area contributed by atoms with Gasteiger partial charge in [0.05, 0.1) is 5.69 Å². The minimum absolute atomic E-state index is 0.128. The number of hydrogen-bond donors (Lipinski definition) is 2. The van der Waals surface area contributed by atoms with Crippen LogP contribution < -0.4 is 0 Å². The number of nitrogens with zero attached hydrogens (tertiary/aromatic N) is 2. The van der Waals surface area contributed by atoms with Crippen LogP contribution in [0.15, 0.2) is 30.3 Å². The highest BCUT2D eigenvalue weighted by atomic mass is 16.4. The molecule has 5 nitrogen and oxygen atoms in total. The highest BCUT2D eigenvalue weighted by Gasteiger charge is 2.12. The molecule has 0 radical (unpaired) electrons. The van der Waals surface area contributed by atoms with Gasteiger partial charge in [0.1, 0.15) is 11.4 Å². The zero-order valence-electron chi connectivity index (χ0n) is 8.58. The van der Waals surface area contributed by atoms with E-state index >= 15 is 0 Å². The molecule has 1 aromatic heterocycles. The average Bonchev–Trinajstić information content (AvgIpc) is 2.61. The summed E-state index contributed by atoms with van der Waals surface area (Å²) in [5, 5.41) is 22.1. The van der Waals surface area contributed by atoms with Gasteiger partial charge in [0, 0.05) is 12.6 Å². The summed E-state index contributed by atoms with van der Waals surface area (Å²) in [6.45, 7) is 0. The molecule has 0 bridgehead atoms. The van der Waals surface area contributed by atoms with Gasteiger partial charge in [0.2, 0.25) is 0 Å². The number of phenols is 1. The number of rotatable bonds is 2. The van der Waals surface area contributed by atoms with Gasteiger partial charge in [-0.25, -0.2) is 4.79 Å². The molecule has 0 aliphatic rings. The van der Waals surface area contributed by atoms with Gasteiger partial charge in [-0.3, -0.25) is 4.68 Å². The molecule has 0 amide bonds. The smallest absolute Gasteiger partial charge is 0.354 e. The zero-order chi connectivity index (χ0) is 11.7. The van der Waals surface area contributed by atoms with Crippen molar-refractivity contribution in [3.63, 3.8) is 0 Å². The van der Waals surface area contributed by atoms with Crippen molar-refractivity contribution in [2.45, 2.75) is 0 Å². The largest absolute Gasteiger partial charge is 0.508 e. The summed E-state index contributed by atoms with van der Waals surface area (Å²) in [5.74, 6) is -0.849. The molecule has 0 saturated carbocycles. The second kappa shape index (κ2) is 3.69.